The SMILES string of the molecule is COc1ccc(N2C(=O)CS/C2=N\N/C(C)=C2\Sc3cc(Cl)ccc3N=C2C)cc1. The molecule has 154 valence electrons. The Hall–Kier alpha value is -2.42. The highest BCUT2D eigenvalue weighted by molar-refractivity contribution is 8.15. The van der Waals surface area contributed by atoms with Gasteiger partial charge in [-0.1, -0.05) is 35.1 Å². The third-order valence-electron chi connectivity index (χ3n) is 4.51. The molecule has 2 aromatic carbocycles. The lowest BCUT2D eigenvalue weighted by molar-refractivity contribution is -0.115. The van der Waals surface area contributed by atoms with Crippen LogP contribution in [0.15, 0.2) is 68.1 Å². The molecule has 0 saturated carbocycles. The Balaban J connectivity index is 1.58. The second-order valence-electron chi connectivity index (χ2n) is 6.59. The zero-order valence-corrected chi connectivity index (χ0v) is 19.0. The van der Waals surface area contributed by atoms with Gasteiger partial charge in [0, 0.05) is 15.6 Å². The number of thioether (sulfide) groups is 2. The molecule has 1 saturated heterocycles. The molecular formula is C21H19ClN4O2S2. The number of aliphatic imine (C=N–C) groups is 1. The lowest BCUT2D eigenvalue weighted by Gasteiger charge is -2.19. The van der Waals surface area contributed by atoms with Crippen molar-refractivity contribution in [1.82, 2.24) is 5.43 Å². The van der Waals surface area contributed by atoms with Crippen LogP contribution in [0.25, 0.3) is 0 Å². The first kappa shape index (κ1) is 20.8. The summed E-state index contributed by atoms with van der Waals surface area (Å²) >= 11 is 9.13. The lowest BCUT2D eigenvalue weighted by atomic mass is 10.2. The van der Waals surface area contributed by atoms with E-state index in [0.29, 0.717) is 15.9 Å². The average Bonchev–Trinajstić information content (AvgIpc) is 3.12. The molecule has 0 bridgehead atoms. The third-order valence-corrected chi connectivity index (χ3v) is 7.02. The first-order valence-corrected chi connectivity index (χ1v) is 11.3. The number of hydrogen-bond acceptors (Lipinski definition) is 7. The van der Waals surface area contributed by atoms with Crippen LogP contribution in [-0.2, 0) is 4.79 Å². The molecule has 0 radical (unpaired) electrons. The summed E-state index contributed by atoms with van der Waals surface area (Å²) in [4.78, 5) is 20.7. The molecule has 1 N–H and O–H groups in total. The van der Waals surface area contributed by atoms with Crippen LogP contribution in [0.5, 0.6) is 5.75 Å². The van der Waals surface area contributed by atoms with E-state index in [-0.39, 0.29) is 5.91 Å². The second kappa shape index (κ2) is 8.75. The number of allylic oxidation sites excluding steroid dienone is 2. The largest absolute Gasteiger partial charge is 0.497 e. The Morgan fingerprint density at radius 1 is 1.27 bits per heavy atom. The fraction of sp³-hybridized carbons (Fsp3) is 0.190. The van der Waals surface area contributed by atoms with Crippen LogP contribution in [0.2, 0.25) is 5.02 Å². The first-order chi connectivity index (χ1) is 14.5. The highest BCUT2D eigenvalue weighted by atomic mass is 35.5. The molecule has 6 nitrogen and oxygen atoms in total. The number of carbonyl (C=O) groups is 1. The summed E-state index contributed by atoms with van der Waals surface area (Å²) in [6.45, 7) is 3.91. The van der Waals surface area contributed by atoms with E-state index in [1.54, 1.807) is 23.8 Å². The van der Waals surface area contributed by atoms with Gasteiger partial charge >= 0.3 is 0 Å². The standard InChI is InChI=1S/C21H19ClN4O2S2/c1-12-20(30-18-10-14(22)4-9-17(18)23-12)13(2)24-25-21-26(19(27)11-29-21)15-5-7-16(28-3)8-6-15/h4-10,24H,11H2,1-3H3/b20-13-,25-21-. The molecule has 0 spiro atoms. The highest BCUT2D eigenvalue weighted by Gasteiger charge is 2.30. The van der Waals surface area contributed by atoms with Gasteiger partial charge in [0.2, 0.25) is 5.91 Å². The topological polar surface area (TPSA) is 66.3 Å². The Kier molecular flexibility index (Phi) is 6.08. The average molecular weight is 459 g/mol. The van der Waals surface area contributed by atoms with Crippen LogP contribution in [0, 0.1) is 0 Å². The van der Waals surface area contributed by atoms with E-state index in [9.17, 15) is 4.79 Å². The number of halogens is 1. The van der Waals surface area contributed by atoms with Crippen molar-refractivity contribution in [1.29, 1.82) is 0 Å². The normalized spacial score (nSPS) is 18.9. The van der Waals surface area contributed by atoms with Crippen molar-refractivity contribution in [3.8, 4) is 5.75 Å². The van der Waals surface area contributed by atoms with Crippen LogP contribution < -0.4 is 15.1 Å². The number of fused-ring (bicyclic) bond motifs is 1. The molecule has 0 aliphatic carbocycles. The number of ether oxygens (including phenoxy) is 1. The zero-order chi connectivity index (χ0) is 21.3. The second-order valence-corrected chi connectivity index (χ2v) is 9.02. The van der Waals surface area contributed by atoms with Gasteiger partial charge in [0.1, 0.15) is 5.75 Å². The van der Waals surface area contributed by atoms with Crippen LogP contribution in [-0.4, -0.2) is 29.6 Å². The fourth-order valence-corrected chi connectivity index (χ4v) is 5.12. The van der Waals surface area contributed by atoms with E-state index in [2.05, 4.69) is 15.5 Å². The zero-order valence-electron chi connectivity index (χ0n) is 16.6. The number of amides is 1. The van der Waals surface area contributed by atoms with Crippen LogP contribution in [0.3, 0.4) is 0 Å². The lowest BCUT2D eigenvalue weighted by Crippen LogP contribution is -2.30. The molecule has 0 unspecified atom stereocenters. The number of nitrogens with one attached hydrogen (secondary N) is 1. The summed E-state index contributed by atoms with van der Waals surface area (Å²) in [5, 5.41) is 5.79. The molecule has 2 heterocycles. The van der Waals surface area contributed by atoms with Crippen molar-refractivity contribution in [3.63, 3.8) is 0 Å². The Morgan fingerprint density at radius 3 is 2.77 bits per heavy atom. The van der Waals surface area contributed by atoms with Gasteiger partial charge in [-0.05, 0) is 56.3 Å². The predicted molar refractivity (Wildman–Crippen MR) is 126 cm³/mol. The number of hydrazone groups is 1. The summed E-state index contributed by atoms with van der Waals surface area (Å²) in [6.07, 6.45) is 0. The minimum Gasteiger partial charge on any atom is -0.497 e. The number of anilines is 1. The van der Waals surface area contributed by atoms with E-state index in [1.807, 2.05) is 56.3 Å². The molecular weight excluding hydrogens is 440 g/mol. The molecule has 2 aliphatic heterocycles. The minimum absolute atomic E-state index is 0.00984. The number of nitrogens with zero attached hydrogens (tertiary/aromatic N) is 3. The monoisotopic (exact) mass is 458 g/mol. The highest BCUT2D eigenvalue weighted by Crippen LogP contribution is 2.42. The van der Waals surface area contributed by atoms with Crippen molar-refractivity contribution < 1.29 is 9.53 Å². The van der Waals surface area contributed by atoms with Gasteiger partial charge in [-0.2, -0.15) is 0 Å². The predicted octanol–water partition coefficient (Wildman–Crippen LogP) is 5.42. The maximum atomic E-state index is 12.4. The van der Waals surface area contributed by atoms with E-state index in [4.69, 9.17) is 16.3 Å². The minimum atomic E-state index is -0.00984. The number of rotatable bonds is 4. The van der Waals surface area contributed by atoms with Crippen molar-refractivity contribution in [3.05, 3.63) is 58.1 Å². The number of hydrogen-bond donors (Lipinski definition) is 1. The van der Waals surface area contributed by atoms with E-state index < -0.39 is 0 Å². The maximum absolute atomic E-state index is 12.4. The molecule has 4 rings (SSSR count). The van der Waals surface area contributed by atoms with Gasteiger partial charge in [0.05, 0.1) is 34.9 Å². The van der Waals surface area contributed by atoms with E-state index >= 15 is 0 Å². The van der Waals surface area contributed by atoms with Crippen molar-refractivity contribution in [2.24, 2.45) is 10.1 Å². The summed E-state index contributed by atoms with van der Waals surface area (Å²) in [7, 11) is 1.61. The van der Waals surface area contributed by atoms with Gasteiger partial charge in [0.15, 0.2) is 5.17 Å². The Labute approximate surface area is 188 Å². The van der Waals surface area contributed by atoms with Gasteiger partial charge < -0.3 is 4.74 Å². The van der Waals surface area contributed by atoms with Crippen molar-refractivity contribution in [2.75, 3.05) is 17.8 Å². The van der Waals surface area contributed by atoms with Gasteiger partial charge in [0.25, 0.3) is 0 Å². The van der Waals surface area contributed by atoms with Crippen molar-refractivity contribution >= 4 is 63.3 Å². The summed E-state index contributed by atoms with van der Waals surface area (Å²) in [5.74, 6) is 1.08. The fourth-order valence-electron chi connectivity index (χ4n) is 3.04. The number of methoxy groups -OCH3 is 1. The summed E-state index contributed by atoms with van der Waals surface area (Å²) in [6, 6.07) is 13.0. The van der Waals surface area contributed by atoms with E-state index in [1.165, 1.54) is 11.8 Å². The molecule has 9 heteroatoms. The molecule has 0 atom stereocenters. The number of amidine groups is 1. The van der Waals surface area contributed by atoms with Gasteiger partial charge in [-0.15, -0.1) is 5.10 Å². The molecule has 2 aliphatic rings. The molecule has 1 fully saturated rings. The summed E-state index contributed by atoms with van der Waals surface area (Å²) in [5.41, 5.74) is 6.53. The van der Waals surface area contributed by atoms with Crippen molar-refractivity contribution in [2.45, 2.75) is 18.7 Å². The number of benzene rings is 2. The Bertz CT molecular complexity index is 1100. The molecule has 2 aromatic rings. The summed E-state index contributed by atoms with van der Waals surface area (Å²) < 4.78 is 5.19. The van der Waals surface area contributed by atoms with Crippen LogP contribution >= 0.6 is 35.1 Å². The van der Waals surface area contributed by atoms with Gasteiger partial charge in [-0.25, -0.2) is 0 Å². The van der Waals surface area contributed by atoms with Crippen LogP contribution in [0.1, 0.15) is 13.8 Å². The Morgan fingerprint density at radius 2 is 2.03 bits per heavy atom. The number of carbonyl (C=O) groups excluding carboxylic acids is 1. The molecule has 1 amide bonds. The maximum Gasteiger partial charge on any atom is 0.243 e. The van der Waals surface area contributed by atoms with Crippen LogP contribution in [0.4, 0.5) is 11.4 Å². The molecule has 0 aromatic heterocycles. The van der Waals surface area contributed by atoms with Gasteiger partial charge in [-0.3, -0.25) is 20.1 Å². The first-order valence-electron chi connectivity index (χ1n) is 9.13. The third kappa shape index (κ3) is 4.21. The quantitative estimate of drug-likeness (QED) is 0.620. The van der Waals surface area contributed by atoms with E-state index in [0.717, 1.165) is 38.3 Å². The molecule has 30 heavy (non-hydrogen) atoms. The smallest absolute Gasteiger partial charge is 0.243 e.